The fourth-order valence-corrected chi connectivity index (χ4v) is 2.90. The number of aromatic nitrogens is 3. The molecule has 1 aliphatic carbocycles. The normalized spacial score (nSPS) is 17.9. The first-order valence-corrected chi connectivity index (χ1v) is 8.65. The second-order valence-electron chi connectivity index (χ2n) is 6.71. The van der Waals surface area contributed by atoms with E-state index in [0.29, 0.717) is 34.0 Å². The van der Waals surface area contributed by atoms with Crippen molar-refractivity contribution in [3.8, 4) is 23.0 Å². The highest BCUT2D eigenvalue weighted by Gasteiger charge is 2.34. The standard InChI is InChI=1S/C20H17N5O2/c1-12-8-17(12)24-19(26)15-6-7-18(22-10-15)25-20(27)16(11-23-25)14-4-2-13(9-21)3-5-14/h2-7,10-12,17,23H,8H2,1H3,(H,24,26). The molecule has 2 atom stereocenters. The number of H-pyrrole nitrogens is 1. The fourth-order valence-electron chi connectivity index (χ4n) is 2.90. The van der Waals surface area contributed by atoms with Gasteiger partial charge in [-0.05, 0) is 42.2 Å². The van der Waals surface area contributed by atoms with Gasteiger partial charge in [0.2, 0.25) is 0 Å². The summed E-state index contributed by atoms with van der Waals surface area (Å²) in [4.78, 5) is 29.1. The third kappa shape index (κ3) is 3.25. The van der Waals surface area contributed by atoms with Gasteiger partial charge in [0.05, 0.1) is 22.8 Å². The molecule has 3 aromatic rings. The molecule has 1 aromatic carbocycles. The SMILES string of the molecule is CC1CC1NC(=O)c1ccc(-n2[nH]cc(-c3ccc(C#N)cc3)c2=O)nc1. The number of benzene rings is 1. The van der Waals surface area contributed by atoms with Crippen LogP contribution in [0.25, 0.3) is 16.9 Å². The Labute approximate surface area is 155 Å². The predicted molar refractivity (Wildman–Crippen MR) is 99.4 cm³/mol. The lowest BCUT2D eigenvalue weighted by atomic mass is 10.1. The van der Waals surface area contributed by atoms with Crippen LogP contribution in [0.15, 0.2) is 53.6 Å². The largest absolute Gasteiger partial charge is 0.349 e. The summed E-state index contributed by atoms with van der Waals surface area (Å²) in [6, 6.07) is 12.4. The van der Waals surface area contributed by atoms with Crippen molar-refractivity contribution in [2.75, 3.05) is 0 Å². The van der Waals surface area contributed by atoms with Gasteiger partial charge < -0.3 is 5.32 Å². The monoisotopic (exact) mass is 359 g/mol. The number of aromatic amines is 1. The Kier molecular flexibility index (Phi) is 4.09. The summed E-state index contributed by atoms with van der Waals surface area (Å²) in [6.45, 7) is 2.09. The molecule has 7 heteroatoms. The Bertz CT molecular complexity index is 1090. The number of nitrogens with zero attached hydrogens (tertiary/aromatic N) is 3. The first kappa shape index (κ1) is 16.8. The summed E-state index contributed by atoms with van der Waals surface area (Å²) in [5, 5.41) is 14.7. The van der Waals surface area contributed by atoms with Gasteiger partial charge in [-0.25, -0.2) is 9.67 Å². The van der Waals surface area contributed by atoms with Crippen molar-refractivity contribution in [1.82, 2.24) is 20.1 Å². The third-order valence-corrected chi connectivity index (χ3v) is 4.76. The molecule has 4 rings (SSSR count). The van der Waals surface area contributed by atoms with E-state index in [4.69, 9.17) is 5.26 Å². The molecule has 0 bridgehead atoms. The zero-order chi connectivity index (χ0) is 19.0. The summed E-state index contributed by atoms with van der Waals surface area (Å²) in [6.07, 6.45) is 4.07. The molecular formula is C20H17N5O2. The molecule has 0 spiro atoms. The van der Waals surface area contributed by atoms with Gasteiger partial charge in [0, 0.05) is 18.4 Å². The Hall–Kier alpha value is -3.66. The van der Waals surface area contributed by atoms with Crippen LogP contribution in [0, 0.1) is 17.2 Å². The summed E-state index contributed by atoms with van der Waals surface area (Å²) in [5.41, 5.74) is 1.93. The summed E-state index contributed by atoms with van der Waals surface area (Å²) < 4.78 is 1.32. The van der Waals surface area contributed by atoms with Crippen LogP contribution < -0.4 is 10.9 Å². The van der Waals surface area contributed by atoms with E-state index in [1.54, 1.807) is 42.6 Å². The van der Waals surface area contributed by atoms with E-state index in [9.17, 15) is 9.59 Å². The average molecular weight is 359 g/mol. The van der Waals surface area contributed by atoms with Crippen molar-refractivity contribution in [1.29, 1.82) is 5.26 Å². The molecule has 134 valence electrons. The van der Waals surface area contributed by atoms with Crippen LogP contribution in [-0.2, 0) is 0 Å². The van der Waals surface area contributed by atoms with Gasteiger partial charge in [0.25, 0.3) is 11.5 Å². The fraction of sp³-hybridized carbons (Fsp3) is 0.200. The molecule has 27 heavy (non-hydrogen) atoms. The first-order valence-electron chi connectivity index (χ1n) is 8.65. The number of nitriles is 1. The molecule has 1 amide bonds. The quantitative estimate of drug-likeness (QED) is 0.745. The second kappa shape index (κ2) is 6.57. The Balaban J connectivity index is 1.57. The molecule has 2 aromatic heterocycles. The Morgan fingerprint density at radius 1 is 1.30 bits per heavy atom. The molecule has 2 heterocycles. The zero-order valence-corrected chi connectivity index (χ0v) is 14.6. The number of pyridine rings is 1. The molecular weight excluding hydrogens is 342 g/mol. The van der Waals surface area contributed by atoms with Crippen LogP contribution in [0.5, 0.6) is 0 Å². The van der Waals surface area contributed by atoms with Crippen LogP contribution >= 0.6 is 0 Å². The van der Waals surface area contributed by atoms with E-state index in [1.165, 1.54) is 10.9 Å². The third-order valence-electron chi connectivity index (χ3n) is 4.76. The highest BCUT2D eigenvalue weighted by molar-refractivity contribution is 5.94. The van der Waals surface area contributed by atoms with E-state index in [-0.39, 0.29) is 17.5 Å². The van der Waals surface area contributed by atoms with Crippen LogP contribution in [0.3, 0.4) is 0 Å². The lowest BCUT2D eigenvalue weighted by Crippen LogP contribution is -2.26. The summed E-state index contributed by atoms with van der Waals surface area (Å²) in [7, 11) is 0. The minimum absolute atomic E-state index is 0.152. The lowest BCUT2D eigenvalue weighted by molar-refractivity contribution is 0.0949. The topological polar surface area (TPSA) is 104 Å². The van der Waals surface area contributed by atoms with Crippen LogP contribution in [-0.4, -0.2) is 26.7 Å². The molecule has 2 N–H and O–H groups in total. The van der Waals surface area contributed by atoms with Crippen molar-refractivity contribution >= 4 is 5.91 Å². The number of hydrogen-bond acceptors (Lipinski definition) is 4. The zero-order valence-electron chi connectivity index (χ0n) is 14.6. The summed E-state index contributed by atoms with van der Waals surface area (Å²) in [5.74, 6) is 0.774. The molecule has 1 fully saturated rings. The van der Waals surface area contributed by atoms with Gasteiger partial charge in [0.1, 0.15) is 0 Å². The van der Waals surface area contributed by atoms with Crippen molar-refractivity contribution in [3.05, 3.63) is 70.3 Å². The molecule has 0 saturated heterocycles. The number of amides is 1. The van der Waals surface area contributed by atoms with Gasteiger partial charge >= 0.3 is 0 Å². The average Bonchev–Trinajstić information content (AvgIpc) is 3.25. The van der Waals surface area contributed by atoms with Gasteiger partial charge in [-0.1, -0.05) is 19.1 Å². The maximum Gasteiger partial charge on any atom is 0.280 e. The van der Waals surface area contributed by atoms with E-state index in [1.807, 2.05) is 6.07 Å². The highest BCUT2D eigenvalue weighted by Crippen LogP contribution is 2.29. The number of carbonyl (C=O) groups excluding carboxylic acids is 1. The molecule has 0 radical (unpaired) electrons. The second-order valence-corrected chi connectivity index (χ2v) is 6.71. The van der Waals surface area contributed by atoms with Crippen molar-refractivity contribution in [2.45, 2.75) is 19.4 Å². The van der Waals surface area contributed by atoms with Crippen molar-refractivity contribution < 1.29 is 4.79 Å². The van der Waals surface area contributed by atoms with Crippen LogP contribution in [0.1, 0.15) is 29.3 Å². The van der Waals surface area contributed by atoms with Crippen molar-refractivity contribution in [2.24, 2.45) is 5.92 Å². The van der Waals surface area contributed by atoms with Gasteiger partial charge in [-0.2, -0.15) is 5.26 Å². The first-order chi connectivity index (χ1) is 13.1. The molecule has 1 saturated carbocycles. The Morgan fingerprint density at radius 3 is 2.63 bits per heavy atom. The smallest absolute Gasteiger partial charge is 0.280 e. The van der Waals surface area contributed by atoms with Gasteiger partial charge in [-0.3, -0.25) is 14.7 Å². The molecule has 2 unspecified atom stereocenters. The minimum Gasteiger partial charge on any atom is -0.349 e. The van der Waals surface area contributed by atoms with E-state index >= 15 is 0 Å². The number of carbonyl (C=O) groups is 1. The Morgan fingerprint density at radius 2 is 2.04 bits per heavy atom. The number of hydrogen-bond donors (Lipinski definition) is 2. The van der Waals surface area contributed by atoms with Gasteiger partial charge in [-0.15, -0.1) is 0 Å². The molecule has 1 aliphatic rings. The van der Waals surface area contributed by atoms with Crippen LogP contribution in [0.4, 0.5) is 0 Å². The maximum atomic E-state index is 12.7. The maximum absolute atomic E-state index is 12.7. The number of rotatable bonds is 4. The van der Waals surface area contributed by atoms with Crippen molar-refractivity contribution in [3.63, 3.8) is 0 Å². The predicted octanol–water partition coefficient (Wildman–Crippen LogP) is 2.24. The molecule has 7 nitrogen and oxygen atoms in total. The summed E-state index contributed by atoms with van der Waals surface area (Å²) >= 11 is 0. The highest BCUT2D eigenvalue weighted by atomic mass is 16.2. The van der Waals surface area contributed by atoms with E-state index in [2.05, 4.69) is 22.3 Å². The van der Waals surface area contributed by atoms with Gasteiger partial charge in [0.15, 0.2) is 5.82 Å². The molecule has 0 aliphatic heterocycles. The number of nitrogens with one attached hydrogen (secondary N) is 2. The van der Waals surface area contributed by atoms with E-state index in [0.717, 1.165) is 6.42 Å². The van der Waals surface area contributed by atoms with E-state index < -0.39 is 0 Å². The minimum atomic E-state index is -0.254. The van der Waals surface area contributed by atoms with Crippen LogP contribution in [0.2, 0.25) is 0 Å². The lowest BCUT2D eigenvalue weighted by Gasteiger charge is -2.05.